The van der Waals surface area contributed by atoms with E-state index in [1.54, 1.807) is 13.8 Å². The van der Waals surface area contributed by atoms with Crippen molar-refractivity contribution >= 4 is 39.1 Å². The molecule has 0 saturated carbocycles. The molecule has 0 bridgehead atoms. The molecule has 0 aliphatic carbocycles. The van der Waals surface area contributed by atoms with Crippen LogP contribution in [-0.2, 0) is 14.8 Å². The zero-order chi connectivity index (χ0) is 18.3. The van der Waals surface area contributed by atoms with E-state index in [0.29, 0.717) is 10.8 Å². The standard InChI is InChI=1S/C16H21ClN2O4S/c1-10(2)8-18-14(20)11-5-6-12(17)13(7-11)19-15(21)16(3,4)9-24(19,22)23/h5-7,10H,8-9H2,1-4H3,(H,18,20). The van der Waals surface area contributed by atoms with Crippen molar-refractivity contribution in [2.45, 2.75) is 27.7 Å². The summed E-state index contributed by atoms with van der Waals surface area (Å²) in [6.07, 6.45) is 0. The minimum atomic E-state index is -3.82. The van der Waals surface area contributed by atoms with E-state index >= 15 is 0 Å². The highest BCUT2D eigenvalue weighted by Gasteiger charge is 2.50. The maximum atomic E-state index is 12.5. The van der Waals surface area contributed by atoms with Crippen molar-refractivity contribution in [1.29, 1.82) is 0 Å². The molecule has 24 heavy (non-hydrogen) atoms. The number of hydrogen-bond acceptors (Lipinski definition) is 4. The maximum absolute atomic E-state index is 12.5. The average Bonchev–Trinajstić information content (AvgIpc) is 2.61. The predicted octanol–water partition coefficient (Wildman–Crippen LogP) is 2.43. The number of hydrogen-bond donors (Lipinski definition) is 1. The van der Waals surface area contributed by atoms with Crippen molar-refractivity contribution in [2.24, 2.45) is 11.3 Å². The molecule has 1 heterocycles. The second kappa shape index (κ2) is 6.37. The van der Waals surface area contributed by atoms with Crippen LogP contribution in [0.4, 0.5) is 5.69 Å². The van der Waals surface area contributed by atoms with Gasteiger partial charge in [0.25, 0.3) is 5.91 Å². The number of carbonyl (C=O) groups is 2. The molecule has 1 aromatic rings. The van der Waals surface area contributed by atoms with E-state index in [1.807, 2.05) is 13.8 Å². The smallest absolute Gasteiger partial charge is 0.251 e. The normalized spacial score (nSPS) is 18.9. The van der Waals surface area contributed by atoms with Crippen LogP contribution in [0.2, 0.25) is 5.02 Å². The first kappa shape index (κ1) is 18.7. The number of sulfonamides is 1. The van der Waals surface area contributed by atoms with Gasteiger partial charge < -0.3 is 5.32 Å². The van der Waals surface area contributed by atoms with E-state index in [0.717, 1.165) is 0 Å². The van der Waals surface area contributed by atoms with Crippen LogP contribution < -0.4 is 9.62 Å². The fourth-order valence-electron chi connectivity index (χ4n) is 2.45. The number of nitrogens with one attached hydrogen (secondary N) is 1. The Morgan fingerprint density at radius 3 is 2.50 bits per heavy atom. The quantitative estimate of drug-likeness (QED) is 0.879. The predicted molar refractivity (Wildman–Crippen MR) is 93.7 cm³/mol. The molecule has 6 nitrogen and oxygen atoms in total. The Hall–Kier alpha value is -1.60. The lowest BCUT2D eigenvalue weighted by Crippen LogP contribution is -2.33. The molecule has 0 spiro atoms. The van der Waals surface area contributed by atoms with Crippen molar-refractivity contribution in [2.75, 3.05) is 16.6 Å². The lowest BCUT2D eigenvalue weighted by atomic mass is 9.95. The highest BCUT2D eigenvalue weighted by Crippen LogP contribution is 2.39. The van der Waals surface area contributed by atoms with E-state index in [1.165, 1.54) is 18.2 Å². The van der Waals surface area contributed by atoms with Gasteiger partial charge in [-0.25, -0.2) is 12.7 Å². The molecule has 1 N–H and O–H groups in total. The van der Waals surface area contributed by atoms with Gasteiger partial charge in [0.2, 0.25) is 15.9 Å². The Labute approximate surface area is 147 Å². The average molecular weight is 373 g/mol. The van der Waals surface area contributed by atoms with Gasteiger partial charge >= 0.3 is 0 Å². The molecule has 0 aromatic heterocycles. The lowest BCUT2D eigenvalue weighted by molar-refractivity contribution is -0.123. The summed E-state index contributed by atoms with van der Waals surface area (Å²) in [5.74, 6) is -0.907. The fourth-order valence-corrected chi connectivity index (χ4v) is 4.82. The number of nitrogens with zero attached hydrogens (tertiary/aromatic N) is 1. The van der Waals surface area contributed by atoms with Crippen LogP contribution >= 0.6 is 11.6 Å². The summed E-state index contributed by atoms with van der Waals surface area (Å²) in [4.78, 5) is 24.7. The molecule has 0 unspecified atom stereocenters. The highest BCUT2D eigenvalue weighted by molar-refractivity contribution is 7.94. The van der Waals surface area contributed by atoms with Crippen LogP contribution in [-0.4, -0.2) is 32.5 Å². The zero-order valence-corrected chi connectivity index (χ0v) is 15.7. The van der Waals surface area contributed by atoms with E-state index in [-0.39, 0.29) is 33.9 Å². The highest BCUT2D eigenvalue weighted by atomic mass is 35.5. The largest absolute Gasteiger partial charge is 0.352 e. The van der Waals surface area contributed by atoms with Gasteiger partial charge in [-0.15, -0.1) is 0 Å². The van der Waals surface area contributed by atoms with Gasteiger partial charge in [0.1, 0.15) is 0 Å². The summed E-state index contributed by atoms with van der Waals surface area (Å²) in [5.41, 5.74) is -0.759. The van der Waals surface area contributed by atoms with Crippen LogP contribution in [0.3, 0.4) is 0 Å². The van der Waals surface area contributed by atoms with Crippen LogP contribution in [0.15, 0.2) is 18.2 Å². The molecule has 1 saturated heterocycles. The van der Waals surface area contributed by atoms with Gasteiger partial charge in [-0.1, -0.05) is 25.4 Å². The molecular weight excluding hydrogens is 352 g/mol. The third kappa shape index (κ3) is 3.57. The van der Waals surface area contributed by atoms with Gasteiger partial charge in [-0.3, -0.25) is 9.59 Å². The Kier molecular flexibility index (Phi) is 4.97. The summed E-state index contributed by atoms with van der Waals surface area (Å²) >= 11 is 6.10. The molecule has 1 aliphatic heterocycles. The summed E-state index contributed by atoms with van der Waals surface area (Å²) in [6.45, 7) is 7.56. The Bertz CT molecular complexity index is 787. The van der Waals surface area contributed by atoms with Gasteiger partial charge in [-0.05, 0) is 38.0 Å². The molecule has 1 aromatic carbocycles. The summed E-state index contributed by atoms with van der Waals surface area (Å²) in [5, 5.41) is 2.85. The number of rotatable bonds is 4. The number of halogens is 1. The van der Waals surface area contributed by atoms with E-state index < -0.39 is 21.3 Å². The second-order valence-corrected chi connectivity index (χ2v) is 9.20. The minimum absolute atomic E-state index is 0.0180. The molecule has 1 fully saturated rings. The number of carbonyl (C=O) groups excluding carboxylic acids is 2. The third-order valence-electron chi connectivity index (χ3n) is 3.68. The third-order valence-corrected chi connectivity index (χ3v) is 6.01. The molecular formula is C16H21ClN2O4S. The van der Waals surface area contributed by atoms with Crippen LogP contribution in [0.1, 0.15) is 38.1 Å². The molecule has 132 valence electrons. The first-order valence-electron chi connectivity index (χ1n) is 7.61. The first-order valence-corrected chi connectivity index (χ1v) is 9.59. The fraction of sp³-hybridized carbons (Fsp3) is 0.500. The van der Waals surface area contributed by atoms with Gasteiger partial charge in [-0.2, -0.15) is 0 Å². The van der Waals surface area contributed by atoms with Crippen molar-refractivity contribution in [3.63, 3.8) is 0 Å². The van der Waals surface area contributed by atoms with Crippen LogP contribution in [0, 0.1) is 11.3 Å². The van der Waals surface area contributed by atoms with Crippen molar-refractivity contribution in [3.8, 4) is 0 Å². The second-order valence-electron chi connectivity index (χ2n) is 6.98. The van der Waals surface area contributed by atoms with E-state index in [9.17, 15) is 18.0 Å². The first-order chi connectivity index (χ1) is 11.0. The van der Waals surface area contributed by atoms with Crippen LogP contribution in [0.5, 0.6) is 0 Å². The molecule has 2 rings (SSSR count). The Morgan fingerprint density at radius 2 is 2.00 bits per heavy atom. The van der Waals surface area contributed by atoms with Gasteiger partial charge in [0.15, 0.2) is 0 Å². The number of anilines is 1. The summed E-state index contributed by atoms with van der Waals surface area (Å²) in [7, 11) is -3.82. The minimum Gasteiger partial charge on any atom is -0.352 e. The summed E-state index contributed by atoms with van der Waals surface area (Å²) < 4.78 is 25.5. The SMILES string of the molecule is CC(C)CNC(=O)c1ccc(Cl)c(N2C(=O)C(C)(C)CS2(=O)=O)c1. The number of benzene rings is 1. The van der Waals surface area contributed by atoms with E-state index in [2.05, 4.69) is 5.32 Å². The van der Waals surface area contributed by atoms with Crippen LogP contribution in [0.25, 0.3) is 0 Å². The monoisotopic (exact) mass is 372 g/mol. The van der Waals surface area contributed by atoms with Crippen molar-refractivity contribution < 1.29 is 18.0 Å². The molecule has 8 heteroatoms. The maximum Gasteiger partial charge on any atom is 0.251 e. The topological polar surface area (TPSA) is 83.6 Å². The zero-order valence-electron chi connectivity index (χ0n) is 14.1. The van der Waals surface area contributed by atoms with E-state index in [4.69, 9.17) is 11.6 Å². The molecule has 0 radical (unpaired) electrons. The lowest BCUT2D eigenvalue weighted by Gasteiger charge is -2.19. The molecule has 1 aliphatic rings. The van der Waals surface area contributed by atoms with Crippen molar-refractivity contribution in [3.05, 3.63) is 28.8 Å². The Balaban J connectivity index is 2.43. The molecule has 2 amide bonds. The van der Waals surface area contributed by atoms with Gasteiger partial charge in [0.05, 0.1) is 21.9 Å². The van der Waals surface area contributed by atoms with Crippen molar-refractivity contribution in [1.82, 2.24) is 5.32 Å². The number of amides is 2. The molecule has 0 atom stereocenters. The summed E-state index contributed by atoms with van der Waals surface area (Å²) in [6, 6.07) is 4.27. The Morgan fingerprint density at radius 1 is 1.38 bits per heavy atom. The van der Waals surface area contributed by atoms with Gasteiger partial charge in [0, 0.05) is 12.1 Å².